The summed E-state index contributed by atoms with van der Waals surface area (Å²) in [5.74, 6) is -2.32. The second-order valence-electron chi connectivity index (χ2n) is 3.66. The number of carbonyl (C=O) groups is 2. The Balaban J connectivity index is -0.000000218. The van der Waals surface area contributed by atoms with Crippen molar-refractivity contribution in [3.63, 3.8) is 0 Å². The normalized spacial score (nSPS) is 9.29. The maximum absolute atomic E-state index is 10.1. The molecule has 4 nitrogen and oxygen atoms in total. The Morgan fingerprint density at radius 3 is 0.941 bits per heavy atom. The van der Waals surface area contributed by atoms with Gasteiger partial charge in [0.15, 0.2) is 0 Å². The summed E-state index contributed by atoms with van der Waals surface area (Å²) in [5, 5.41) is 20.1. The minimum atomic E-state index is -0.921. The van der Waals surface area contributed by atoms with E-state index in [0.717, 1.165) is 0 Å². The predicted octanol–water partition coefficient (Wildman–Crippen LogP) is 0.343. The van der Waals surface area contributed by atoms with Crippen LogP contribution in [0, 0.1) is 11.8 Å². The van der Waals surface area contributed by atoms with Crippen molar-refractivity contribution in [1.82, 2.24) is 0 Å². The fourth-order valence-electron chi connectivity index (χ4n) is 1.24. The molecule has 0 saturated heterocycles. The molecular weight excluding hydrogens is 301 g/mol. The van der Waals surface area contributed by atoms with Gasteiger partial charge in [-0.05, 0) is 37.5 Å². The SMILES string of the molecule is CCC(CC)C(=O)[O-].CCC(CC)C(=O)[O-].[Nb+2]. The zero-order valence-corrected chi connectivity index (χ0v) is 13.3. The Bertz CT molecular complexity index is 177. The van der Waals surface area contributed by atoms with E-state index in [1.54, 1.807) is 0 Å². The molecule has 0 aromatic carbocycles. The fourth-order valence-corrected chi connectivity index (χ4v) is 1.24. The van der Waals surface area contributed by atoms with Crippen molar-refractivity contribution in [2.24, 2.45) is 11.8 Å². The van der Waals surface area contributed by atoms with Gasteiger partial charge < -0.3 is 19.8 Å². The van der Waals surface area contributed by atoms with Crippen LogP contribution in [-0.2, 0) is 32.0 Å². The van der Waals surface area contributed by atoms with Crippen molar-refractivity contribution >= 4 is 11.9 Å². The number of hydrogen-bond acceptors (Lipinski definition) is 4. The molecule has 0 aliphatic carbocycles. The third-order valence-corrected chi connectivity index (χ3v) is 2.64. The first-order valence-corrected chi connectivity index (χ1v) is 5.86. The van der Waals surface area contributed by atoms with Gasteiger partial charge in [0.25, 0.3) is 0 Å². The molecule has 0 spiro atoms. The van der Waals surface area contributed by atoms with Crippen LogP contribution < -0.4 is 10.2 Å². The summed E-state index contributed by atoms with van der Waals surface area (Å²) >= 11 is 0. The first kappa shape index (κ1) is 21.9. The molecule has 0 rings (SSSR count). The first-order chi connectivity index (χ1) is 7.44. The minimum absolute atomic E-state index is 0. The van der Waals surface area contributed by atoms with Gasteiger partial charge in [-0.25, -0.2) is 0 Å². The van der Waals surface area contributed by atoms with E-state index in [2.05, 4.69) is 0 Å². The van der Waals surface area contributed by atoms with E-state index in [1.165, 1.54) is 0 Å². The Morgan fingerprint density at radius 1 is 0.765 bits per heavy atom. The van der Waals surface area contributed by atoms with Crippen molar-refractivity contribution in [3.05, 3.63) is 0 Å². The molecule has 0 amide bonds. The van der Waals surface area contributed by atoms with Crippen LogP contribution in [0.3, 0.4) is 0 Å². The van der Waals surface area contributed by atoms with Crippen molar-refractivity contribution < 1.29 is 42.2 Å². The topological polar surface area (TPSA) is 80.3 Å². The van der Waals surface area contributed by atoms with Gasteiger partial charge in [0.2, 0.25) is 0 Å². The van der Waals surface area contributed by atoms with E-state index < -0.39 is 11.9 Å². The second kappa shape index (κ2) is 13.7. The van der Waals surface area contributed by atoms with Crippen LogP contribution in [0.2, 0.25) is 0 Å². The molecule has 0 aromatic rings. The maximum atomic E-state index is 10.1. The summed E-state index contributed by atoms with van der Waals surface area (Å²) in [7, 11) is 0. The average Bonchev–Trinajstić information content (AvgIpc) is 2.21. The summed E-state index contributed by atoms with van der Waals surface area (Å²) in [6.07, 6.45) is 2.72. The van der Waals surface area contributed by atoms with Gasteiger partial charge in [-0.3, -0.25) is 0 Å². The largest absolute Gasteiger partial charge is 2.00 e. The predicted molar refractivity (Wildman–Crippen MR) is 58.2 cm³/mol. The molecule has 0 bridgehead atoms. The summed E-state index contributed by atoms with van der Waals surface area (Å²) in [5.41, 5.74) is 0. The van der Waals surface area contributed by atoms with Crippen LogP contribution in [0.25, 0.3) is 0 Å². The van der Waals surface area contributed by atoms with E-state index >= 15 is 0 Å². The summed E-state index contributed by atoms with van der Waals surface area (Å²) < 4.78 is 0. The fraction of sp³-hybridized carbons (Fsp3) is 0.833. The van der Waals surface area contributed by atoms with Gasteiger partial charge in [-0.15, -0.1) is 0 Å². The second-order valence-corrected chi connectivity index (χ2v) is 3.66. The van der Waals surface area contributed by atoms with E-state index in [1.807, 2.05) is 27.7 Å². The van der Waals surface area contributed by atoms with Crippen molar-refractivity contribution in [2.75, 3.05) is 0 Å². The molecule has 0 saturated carbocycles. The third kappa shape index (κ3) is 11.9. The van der Waals surface area contributed by atoms with Crippen LogP contribution in [0.4, 0.5) is 0 Å². The summed E-state index contributed by atoms with van der Waals surface area (Å²) in [4.78, 5) is 20.1. The Labute approximate surface area is 119 Å². The van der Waals surface area contributed by atoms with Crippen LogP contribution >= 0.6 is 0 Å². The van der Waals surface area contributed by atoms with E-state index in [4.69, 9.17) is 0 Å². The quantitative estimate of drug-likeness (QED) is 0.660. The molecule has 1 radical (unpaired) electrons. The van der Waals surface area contributed by atoms with Gasteiger partial charge in [-0.2, -0.15) is 0 Å². The molecular formula is C12H22NbO4. The standard InChI is InChI=1S/2C6H12O2.Nb/c2*1-3-5(4-2)6(7)8;/h2*5H,3-4H2,1-2H3,(H,7,8);/q;;+2/p-2. The van der Waals surface area contributed by atoms with E-state index in [-0.39, 0.29) is 34.2 Å². The van der Waals surface area contributed by atoms with E-state index in [0.29, 0.717) is 25.7 Å². The van der Waals surface area contributed by atoms with Gasteiger partial charge in [0.05, 0.1) is 0 Å². The number of aliphatic carboxylic acids is 2. The molecule has 0 unspecified atom stereocenters. The molecule has 0 N–H and O–H groups in total. The van der Waals surface area contributed by atoms with E-state index in [9.17, 15) is 19.8 Å². The number of rotatable bonds is 6. The van der Waals surface area contributed by atoms with Gasteiger partial charge >= 0.3 is 22.4 Å². The zero-order chi connectivity index (χ0) is 13.1. The minimum Gasteiger partial charge on any atom is -0.550 e. The summed E-state index contributed by atoms with van der Waals surface area (Å²) in [6, 6.07) is 0. The molecule has 17 heavy (non-hydrogen) atoms. The number of carboxylic acids is 2. The third-order valence-electron chi connectivity index (χ3n) is 2.64. The first-order valence-electron chi connectivity index (χ1n) is 5.86. The number of carbonyl (C=O) groups excluding carboxylic acids is 2. The van der Waals surface area contributed by atoms with Crippen molar-refractivity contribution in [3.8, 4) is 0 Å². The molecule has 0 heterocycles. The van der Waals surface area contributed by atoms with Crippen LogP contribution in [-0.4, -0.2) is 11.9 Å². The van der Waals surface area contributed by atoms with Crippen LogP contribution in [0.15, 0.2) is 0 Å². The maximum Gasteiger partial charge on any atom is 2.00 e. The molecule has 0 aliphatic heterocycles. The molecule has 0 aromatic heterocycles. The Kier molecular flexibility index (Phi) is 17.7. The van der Waals surface area contributed by atoms with Gasteiger partial charge in [-0.1, -0.05) is 27.7 Å². The number of hydrogen-bond donors (Lipinski definition) is 0. The monoisotopic (exact) mass is 323 g/mol. The Morgan fingerprint density at radius 2 is 0.941 bits per heavy atom. The smallest absolute Gasteiger partial charge is 0.550 e. The zero-order valence-electron chi connectivity index (χ0n) is 11.1. The molecule has 0 atom stereocenters. The number of carboxylic acid groups (broad SMARTS) is 2. The average molecular weight is 323 g/mol. The van der Waals surface area contributed by atoms with Crippen LogP contribution in [0.1, 0.15) is 53.4 Å². The molecule has 5 heteroatoms. The van der Waals surface area contributed by atoms with Gasteiger partial charge in [0, 0.05) is 11.9 Å². The molecule has 99 valence electrons. The summed E-state index contributed by atoms with van der Waals surface area (Å²) in [6.45, 7) is 7.40. The van der Waals surface area contributed by atoms with Gasteiger partial charge in [0.1, 0.15) is 0 Å². The van der Waals surface area contributed by atoms with Crippen LogP contribution in [0.5, 0.6) is 0 Å². The van der Waals surface area contributed by atoms with Crippen molar-refractivity contribution in [1.29, 1.82) is 0 Å². The molecule has 0 fully saturated rings. The van der Waals surface area contributed by atoms with Crippen molar-refractivity contribution in [2.45, 2.75) is 53.4 Å². The Hall–Kier alpha value is -0.320. The molecule has 0 aliphatic rings.